The van der Waals surface area contributed by atoms with E-state index in [0.29, 0.717) is 29.9 Å². The summed E-state index contributed by atoms with van der Waals surface area (Å²) in [5, 5.41) is 2.95. The molecule has 0 unspecified atom stereocenters. The third-order valence-corrected chi connectivity index (χ3v) is 8.49. The number of amides is 1. The Hall–Kier alpha value is -3.16. The van der Waals surface area contributed by atoms with E-state index in [0.717, 1.165) is 36.8 Å². The van der Waals surface area contributed by atoms with Gasteiger partial charge in [-0.25, -0.2) is 8.42 Å². The quantitative estimate of drug-likeness (QED) is 0.536. The highest BCUT2D eigenvalue weighted by Crippen LogP contribution is 2.33. The largest absolute Gasteiger partial charge is 0.322 e. The average molecular weight is 495 g/mol. The van der Waals surface area contributed by atoms with E-state index < -0.39 is 15.9 Å². The number of Topliss-reactive ketones (excluding diaryl/α,β-unsaturated/α-hetero) is 1. The first-order valence-electron chi connectivity index (χ1n) is 11.2. The lowest BCUT2D eigenvalue weighted by Crippen LogP contribution is -2.35. The number of nitrogens with one attached hydrogen (secondary N) is 1. The molecule has 8 heteroatoms. The highest BCUT2D eigenvalue weighted by molar-refractivity contribution is 7.92. The third kappa shape index (κ3) is 4.10. The molecule has 1 N–H and O–H groups in total. The molecule has 1 heterocycles. The number of anilines is 2. The highest BCUT2D eigenvalue weighted by atomic mass is 35.5. The maximum atomic E-state index is 13.5. The number of nitrogens with zero attached hydrogens (tertiary/aromatic N) is 1. The van der Waals surface area contributed by atoms with Crippen LogP contribution in [0.3, 0.4) is 0 Å². The molecule has 0 bridgehead atoms. The number of carbonyl (C=O) groups excluding carboxylic acids is 2. The van der Waals surface area contributed by atoms with E-state index in [2.05, 4.69) is 5.32 Å². The number of para-hydroxylation sites is 1. The van der Waals surface area contributed by atoms with Crippen LogP contribution in [0.2, 0.25) is 5.02 Å². The van der Waals surface area contributed by atoms with E-state index in [9.17, 15) is 18.0 Å². The molecule has 0 fully saturated rings. The maximum absolute atomic E-state index is 13.5. The summed E-state index contributed by atoms with van der Waals surface area (Å²) < 4.78 is 28.4. The molecule has 0 spiro atoms. The minimum Gasteiger partial charge on any atom is -0.322 e. The molecule has 5 rings (SSSR count). The normalized spacial score (nSPS) is 15.4. The Kier molecular flexibility index (Phi) is 5.91. The smallest absolute Gasteiger partial charge is 0.264 e. The second-order valence-electron chi connectivity index (χ2n) is 8.55. The number of fused-ring (bicyclic) bond motifs is 2. The number of ketones is 1. The van der Waals surface area contributed by atoms with Gasteiger partial charge in [-0.05, 0) is 79.3 Å². The Bertz CT molecular complexity index is 1420. The molecule has 0 saturated carbocycles. The molecule has 0 radical (unpaired) electrons. The van der Waals surface area contributed by atoms with Crippen molar-refractivity contribution < 1.29 is 18.0 Å². The van der Waals surface area contributed by atoms with Gasteiger partial charge < -0.3 is 5.32 Å². The summed E-state index contributed by atoms with van der Waals surface area (Å²) in [5.74, 6) is -0.400. The molecule has 1 amide bonds. The van der Waals surface area contributed by atoms with Gasteiger partial charge in [0.15, 0.2) is 5.78 Å². The number of benzene rings is 3. The van der Waals surface area contributed by atoms with Crippen molar-refractivity contribution in [3.8, 4) is 0 Å². The predicted octanol–water partition coefficient (Wildman–Crippen LogP) is 5.25. The topological polar surface area (TPSA) is 83.5 Å². The Balaban J connectivity index is 1.44. The Morgan fingerprint density at radius 3 is 2.56 bits per heavy atom. The molecule has 0 aromatic heterocycles. The lowest BCUT2D eigenvalue weighted by molar-refractivity contribution is 0.0971. The number of hydrogen-bond donors (Lipinski definition) is 1. The summed E-state index contributed by atoms with van der Waals surface area (Å²) in [6.45, 7) is 0.372. The van der Waals surface area contributed by atoms with Crippen LogP contribution in [0.4, 0.5) is 11.4 Å². The molecule has 6 nitrogen and oxygen atoms in total. The van der Waals surface area contributed by atoms with Crippen molar-refractivity contribution in [1.82, 2.24) is 0 Å². The van der Waals surface area contributed by atoms with Crippen molar-refractivity contribution in [2.45, 2.75) is 37.0 Å². The van der Waals surface area contributed by atoms with Crippen molar-refractivity contribution >= 4 is 44.7 Å². The summed E-state index contributed by atoms with van der Waals surface area (Å²) >= 11 is 6.29. The van der Waals surface area contributed by atoms with Gasteiger partial charge in [-0.2, -0.15) is 0 Å². The standard InChI is InChI=1S/C26H23ClN2O4S/c27-23-13-11-20(34(32,33)29-14-4-7-17-5-1-2-8-24(17)29)16-22(23)26(31)28-19-10-12-21-18(15-19)6-3-9-25(21)30/h1-2,5,8,10-13,15-16H,3-4,6-7,9,14H2,(H,28,31). The first kappa shape index (κ1) is 22.6. The van der Waals surface area contributed by atoms with Gasteiger partial charge in [0.2, 0.25) is 0 Å². The molecule has 3 aromatic carbocycles. The Morgan fingerprint density at radius 2 is 1.71 bits per heavy atom. The number of halogens is 1. The van der Waals surface area contributed by atoms with Gasteiger partial charge in [0.1, 0.15) is 0 Å². The number of aryl methyl sites for hydroxylation is 2. The molecular formula is C26H23ClN2O4S. The first-order valence-corrected chi connectivity index (χ1v) is 13.0. The minimum atomic E-state index is -3.88. The minimum absolute atomic E-state index is 0.00907. The maximum Gasteiger partial charge on any atom is 0.264 e. The van der Waals surface area contributed by atoms with Gasteiger partial charge in [-0.3, -0.25) is 13.9 Å². The van der Waals surface area contributed by atoms with Gasteiger partial charge in [0.25, 0.3) is 15.9 Å². The zero-order valence-electron chi connectivity index (χ0n) is 18.4. The Morgan fingerprint density at radius 1 is 0.912 bits per heavy atom. The summed E-state index contributed by atoms with van der Waals surface area (Å²) in [5.41, 5.74) is 3.85. The van der Waals surface area contributed by atoms with Crippen LogP contribution in [0.1, 0.15) is 51.1 Å². The summed E-state index contributed by atoms with van der Waals surface area (Å²) in [6, 6.07) is 16.8. The number of hydrogen-bond acceptors (Lipinski definition) is 4. The second kappa shape index (κ2) is 8.89. The molecule has 1 aliphatic heterocycles. The molecule has 174 valence electrons. The molecule has 0 atom stereocenters. The SMILES string of the molecule is O=C(Nc1ccc2c(c1)CCCC2=O)c1cc(S(=O)(=O)N2CCCc3ccccc32)ccc1Cl. The number of rotatable bonds is 4. The third-order valence-electron chi connectivity index (χ3n) is 6.35. The molecule has 2 aliphatic rings. The molecule has 0 saturated heterocycles. The van der Waals surface area contributed by atoms with Crippen LogP contribution in [0.15, 0.2) is 65.6 Å². The highest BCUT2D eigenvalue weighted by Gasteiger charge is 2.30. The van der Waals surface area contributed by atoms with Crippen LogP contribution in [0.5, 0.6) is 0 Å². The number of carbonyl (C=O) groups is 2. The molecule has 3 aromatic rings. The van der Waals surface area contributed by atoms with Crippen LogP contribution < -0.4 is 9.62 Å². The first-order chi connectivity index (χ1) is 16.3. The van der Waals surface area contributed by atoms with E-state index in [4.69, 9.17) is 11.6 Å². The van der Waals surface area contributed by atoms with Crippen molar-refractivity contribution in [2.75, 3.05) is 16.2 Å². The zero-order valence-corrected chi connectivity index (χ0v) is 20.0. The number of sulfonamides is 1. The van der Waals surface area contributed by atoms with E-state index in [1.54, 1.807) is 24.3 Å². The van der Waals surface area contributed by atoms with E-state index in [1.165, 1.54) is 22.5 Å². The fourth-order valence-electron chi connectivity index (χ4n) is 4.64. The van der Waals surface area contributed by atoms with Crippen molar-refractivity contribution in [2.24, 2.45) is 0 Å². The van der Waals surface area contributed by atoms with Crippen molar-refractivity contribution in [3.05, 3.63) is 87.9 Å². The monoisotopic (exact) mass is 494 g/mol. The van der Waals surface area contributed by atoms with Crippen LogP contribution in [-0.2, 0) is 22.9 Å². The van der Waals surface area contributed by atoms with Crippen LogP contribution in [0.25, 0.3) is 0 Å². The predicted molar refractivity (Wildman–Crippen MR) is 132 cm³/mol. The summed E-state index contributed by atoms with van der Waals surface area (Å²) in [7, 11) is -3.88. The fourth-order valence-corrected chi connectivity index (χ4v) is 6.41. The van der Waals surface area contributed by atoms with E-state index in [-0.39, 0.29) is 21.3 Å². The summed E-state index contributed by atoms with van der Waals surface area (Å²) in [6.07, 6.45) is 3.64. The molecule has 1 aliphatic carbocycles. The van der Waals surface area contributed by atoms with Crippen LogP contribution >= 0.6 is 11.6 Å². The van der Waals surface area contributed by atoms with E-state index >= 15 is 0 Å². The van der Waals surface area contributed by atoms with Crippen LogP contribution in [0, 0.1) is 0 Å². The zero-order chi connectivity index (χ0) is 23.9. The van der Waals surface area contributed by atoms with E-state index in [1.807, 2.05) is 18.2 Å². The lowest BCUT2D eigenvalue weighted by atomic mass is 9.90. The van der Waals surface area contributed by atoms with Gasteiger partial charge in [0, 0.05) is 24.2 Å². The lowest BCUT2D eigenvalue weighted by Gasteiger charge is -2.30. The van der Waals surface area contributed by atoms with Gasteiger partial charge in [-0.15, -0.1) is 0 Å². The average Bonchev–Trinajstić information content (AvgIpc) is 2.84. The van der Waals surface area contributed by atoms with Gasteiger partial charge >= 0.3 is 0 Å². The molecular weight excluding hydrogens is 472 g/mol. The van der Waals surface area contributed by atoms with Gasteiger partial charge in [0.05, 0.1) is 21.2 Å². The van der Waals surface area contributed by atoms with Crippen molar-refractivity contribution in [1.29, 1.82) is 0 Å². The second-order valence-corrected chi connectivity index (χ2v) is 10.8. The Labute approximate surface area is 203 Å². The summed E-state index contributed by atoms with van der Waals surface area (Å²) in [4.78, 5) is 25.1. The fraction of sp³-hybridized carbons (Fsp3) is 0.231. The molecule has 34 heavy (non-hydrogen) atoms. The van der Waals surface area contributed by atoms with Gasteiger partial charge in [-0.1, -0.05) is 29.8 Å². The van der Waals surface area contributed by atoms with Crippen LogP contribution in [-0.4, -0.2) is 26.7 Å². The van der Waals surface area contributed by atoms with Crippen molar-refractivity contribution in [3.63, 3.8) is 0 Å².